The number of carbonyl (C=O) groups is 1. The summed E-state index contributed by atoms with van der Waals surface area (Å²) < 4.78 is 3.34. The first-order chi connectivity index (χ1) is 12.5. The molecule has 0 radical (unpaired) electrons. The molecule has 0 bridgehead atoms. The number of hydrogen-bond acceptors (Lipinski definition) is 2. The predicted octanol–water partition coefficient (Wildman–Crippen LogP) is 4.37. The van der Waals surface area contributed by atoms with Crippen molar-refractivity contribution < 1.29 is 4.79 Å². The number of halogens is 1. The summed E-state index contributed by atoms with van der Waals surface area (Å²) in [6.45, 7) is 8.48. The van der Waals surface area contributed by atoms with Gasteiger partial charge in [0.2, 0.25) is 0 Å². The van der Waals surface area contributed by atoms with Crippen LogP contribution in [0.5, 0.6) is 0 Å². The summed E-state index contributed by atoms with van der Waals surface area (Å²) in [5.41, 5.74) is 10.7. The number of rotatable bonds is 6. The van der Waals surface area contributed by atoms with Crippen LogP contribution in [0.2, 0.25) is 0 Å². The molecule has 4 nitrogen and oxygen atoms in total. The van der Waals surface area contributed by atoms with E-state index in [4.69, 9.17) is 5.73 Å². The van der Waals surface area contributed by atoms with Crippen molar-refractivity contribution >= 4 is 21.8 Å². The maximum atomic E-state index is 12.3. The van der Waals surface area contributed by atoms with Crippen LogP contribution >= 0.6 is 15.9 Å². The fraction of sp³-hybridized carbons (Fsp3) is 0.476. The number of amides is 1. The van der Waals surface area contributed by atoms with Crippen molar-refractivity contribution in [2.24, 2.45) is 5.73 Å². The van der Waals surface area contributed by atoms with Crippen molar-refractivity contribution in [3.8, 4) is 11.1 Å². The second-order valence-electron chi connectivity index (χ2n) is 7.06. The summed E-state index contributed by atoms with van der Waals surface area (Å²) in [7, 11) is 0. The highest BCUT2D eigenvalue weighted by atomic mass is 79.9. The number of benzene rings is 1. The van der Waals surface area contributed by atoms with Crippen LogP contribution in [-0.2, 0) is 13.0 Å². The van der Waals surface area contributed by atoms with E-state index in [-0.39, 0.29) is 5.91 Å². The Labute approximate surface area is 164 Å². The molecule has 0 spiro atoms. The molecule has 2 N–H and O–H groups in total. The molecule has 1 fully saturated rings. The molecule has 1 aliphatic rings. The monoisotopic (exact) mass is 417 g/mol. The molecule has 1 saturated heterocycles. The number of piperidine rings is 1. The molecule has 26 heavy (non-hydrogen) atoms. The Kier molecular flexibility index (Phi) is 6.20. The summed E-state index contributed by atoms with van der Waals surface area (Å²) in [4.78, 5) is 14.8. The predicted molar refractivity (Wildman–Crippen MR) is 110 cm³/mol. The van der Waals surface area contributed by atoms with E-state index in [0.29, 0.717) is 5.56 Å². The zero-order chi connectivity index (χ0) is 18.7. The second-order valence-corrected chi connectivity index (χ2v) is 7.98. The lowest BCUT2D eigenvalue weighted by Gasteiger charge is -2.27. The average Bonchev–Trinajstić information content (AvgIpc) is 2.93. The van der Waals surface area contributed by atoms with Crippen LogP contribution in [0, 0.1) is 6.92 Å². The Hall–Kier alpha value is -1.59. The summed E-state index contributed by atoms with van der Waals surface area (Å²) in [5.74, 6) is -0.341. The van der Waals surface area contributed by atoms with Crippen LogP contribution in [-0.4, -0.2) is 35.0 Å². The van der Waals surface area contributed by atoms with Crippen LogP contribution in [0.1, 0.15) is 47.9 Å². The molecule has 0 unspecified atom stereocenters. The Morgan fingerprint density at radius 2 is 1.77 bits per heavy atom. The summed E-state index contributed by atoms with van der Waals surface area (Å²) in [6, 6.07) is 8.14. The van der Waals surface area contributed by atoms with Crippen molar-refractivity contribution in [1.29, 1.82) is 0 Å². The van der Waals surface area contributed by atoms with Gasteiger partial charge in [-0.2, -0.15) is 0 Å². The molecule has 5 heteroatoms. The molecule has 1 aromatic heterocycles. The first kappa shape index (κ1) is 19.2. The topological polar surface area (TPSA) is 51.3 Å². The van der Waals surface area contributed by atoms with Crippen LogP contribution < -0.4 is 5.73 Å². The van der Waals surface area contributed by atoms with Crippen LogP contribution in [0.25, 0.3) is 11.1 Å². The molecule has 0 aliphatic carbocycles. The lowest BCUT2D eigenvalue weighted by Crippen LogP contribution is -2.33. The third-order valence-corrected chi connectivity index (χ3v) is 5.96. The van der Waals surface area contributed by atoms with Gasteiger partial charge in [-0.3, -0.25) is 4.79 Å². The molecule has 0 atom stereocenters. The minimum Gasteiger partial charge on any atom is -0.366 e. The van der Waals surface area contributed by atoms with Crippen LogP contribution in [0.15, 0.2) is 28.7 Å². The first-order valence-corrected chi connectivity index (χ1v) is 10.3. The first-order valence-electron chi connectivity index (χ1n) is 9.53. The normalized spacial score (nSPS) is 15.3. The van der Waals surface area contributed by atoms with Gasteiger partial charge in [-0.15, -0.1) is 0 Å². The fourth-order valence-electron chi connectivity index (χ4n) is 4.12. The number of nitrogens with two attached hydrogens (primary N) is 1. The molecule has 3 rings (SSSR count). The summed E-state index contributed by atoms with van der Waals surface area (Å²) >= 11 is 3.49. The minimum atomic E-state index is -0.341. The number of likely N-dealkylation sites (tertiary alicyclic amines) is 1. The number of hydrogen-bond donors (Lipinski definition) is 1. The average molecular weight is 418 g/mol. The number of nitrogens with zero attached hydrogens (tertiary/aromatic N) is 2. The SMILES string of the molecule is CCc1c(-c2ccc(Br)cc2)c(C(N)=O)c(C)n1CCN1CCCCC1. The van der Waals surface area contributed by atoms with Crippen LogP contribution in [0.3, 0.4) is 0 Å². The quantitative estimate of drug-likeness (QED) is 0.757. The van der Waals surface area contributed by atoms with Gasteiger partial charge in [-0.1, -0.05) is 41.4 Å². The highest BCUT2D eigenvalue weighted by molar-refractivity contribution is 9.10. The lowest BCUT2D eigenvalue weighted by atomic mass is 9.99. The van der Waals surface area contributed by atoms with E-state index < -0.39 is 0 Å². The third-order valence-electron chi connectivity index (χ3n) is 5.43. The Bertz CT molecular complexity index is 774. The number of aromatic nitrogens is 1. The van der Waals surface area contributed by atoms with Crippen LogP contribution in [0.4, 0.5) is 0 Å². The zero-order valence-electron chi connectivity index (χ0n) is 15.7. The van der Waals surface area contributed by atoms with Gasteiger partial charge in [0.25, 0.3) is 5.91 Å². The number of carbonyl (C=O) groups excluding carboxylic acids is 1. The highest BCUT2D eigenvalue weighted by Crippen LogP contribution is 2.34. The van der Waals surface area contributed by atoms with E-state index >= 15 is 0 Å². The molecule has 1 amide bonds. The number of primary amides is 1. The molecule has 140 valence electrons. The molecule has 2 heterocycles. The van der Waals surface area contributed by atoms with Crippen molar-refractivity contribution in [2.45, 2.75) is 46.1 Å². The lowest BCUT2D eigenvalue weighted by molar-refractivity contribution is 0.1000. The molecular weight excluding hydrogens is 390 g/mol. The van der Waals surface area contributed by atoms with E-state index in [1.54, 1.807) is 0 Å². The largest absolute Gasteiger partial charge is 0.366 e. The van der Waals surface area contributed by atoms with Gasteiger partial charge in [0.15, 0.2) is 0 Å². The Balaban J connectivity index is 2.00. The van der Waals surface area contributed by atoms with Gasteiger partial charge >= 0.3 is 0 Å². The minimum absolute atomic E-state index is 0.341. The molecule has 0 saturated carbocycles. The Morgan fingerprint density at radius 3 is 2.35 bits per heavy atom. The standard InChI is InChI=1S/C21H28BrN3O/c1-3-18-20(16-7-9-17(22)10-8-16)19(21(23)26)15(2)25(18)14-13-24-11-5-4-6-12-24/h7-10H,3-6,11-14H2,1-2H3,(H2,23,26). The van der Waals surface area contributed by atoms with E-state index in [1.165, 1.54) is 38.0 Å². The maximum absolute atomic E-state index is 12.3. The maximum Gasteiger partial charge on any atom is 0.251 e. The molecule has 2 aromatic rings. The smallest absolute Gasteiger partial charge is 0.251 e. The van der Waals surface area contributed by atoms with E-state index in [9.17, 15) is 4.79 Å². The summed E-state index contributed by atoms with van der Waals surface area (Å²) in [6.07, 6.45) is 4.81. The zero-order valence-corrected chi connectivity index (χ0v) is 17.3. The second kappa shape index (κ2) is 8.40. The van der Waals surface area contributed by atoms with Gasteiger partial charge in [0.05, 0.1) is 5.56 Å². The molecular formula is C21H28BrN3O. The molecule has 1 aromatic carbocycles. The van der Waals surface area contributed by atoms with E-state index in [2.05, 4.69) is 44.5 Å². The fourth-order valence-corrected chi connectivity index (χ4v) is 4.39. The van der Waals surface area contributed by atoms with Crippen molar-refractivity contribution in [1.82, 2.24) is 9.47 Å². The summed E-state index contributed by atoms with van der Waals surface area (Å²) in [5, 5.41) is 0. The van der Waals surface area contributed by atoms with E-state index in [0.717, 1.165) is 40.8 Å². The molecule has 1 aliphatic heterocycles. The third kappa shape index (κ3) is 3.89. The van der Waals surface area contributed by atoms with Gasteiger partial charge in [0.1, 0.15) is 0 Å². The Morgan fingerprint density at radius 1 is 1.12 bits per heavy atom. The highest BCUT2D eigenvalue weighted by Gasteiger charge is 2.24. The van der Waals surface area contributed by atoms with Crippen molar-refractivity contribution in [3.05, 3.63) is 45.7 Å². The van der Waals surface area contributed by atoms with Gasteiger partial charge in [-0.05, 0) is 57.0 Å². The van der Waals surface area contributed by atoms with Gasteiger partial charge in [0, 0.05) is 34.5 Å². The van der Waals surface area contributed by atoms with Crippen molar-refractivity contribution in [2.75, 3.05) is 19.6 Å². The van der Waals surface area contributed by atoms with Gasteiger partial charge in [-0.25, -0.2) is 0 Å². The van der Waals surface area contributed by atoms with Crippen molar-refractivity contribution in [3.63, 3.8) is 0 Å². The van der Waals surface area contributed by atoms with E-state index in [1.807, 2.05) is 19.1 Å². The van der Waals surface area contributed by atoms with Gasteiger partial charge < -0.3 is 15.2 Å².